The molecule has 3 aromatic rings. The number of aryl methyl sites for hydroxylation is 1. The Balaban J connectivity index is 1.50. The molecule has 33 heavy (non-hydrogen) atoms. The normalized spacial score (nSPS) is 17.6. The summed E-state index contributed by atoms with van der Waals surface area (Å²) in [7, 11) is 1.57. The number of ether oxygens (including phenoxy) is 2. The first-order valence-electron chi connectivity index (χ1n) is 10.8. The molecule has 0 aliphatic carbocycles. The molecule has 2 N–H and O–H groups in total. The Morgan fingerprint density at radius 3 is 2.70 bits per heavy atom. The molecule has 0 bridgehead atoms. The Morgan fingerprint density at radius 2 is 2.03 bits per heavy atom. The molecular formula is C25H26N2O5S. The average Bonchev–Trinajstić information content (AvgIpc) is 3.46. The zero-order valence-electron chi connectivity index (χ0n) is 18.6. The highest BCUT2D eigenvalue weighted by atomic mass is 32.1. The Morgan fingerprint density at radius 1 is 1.24 bits per heavy atom. The predicted octanol–water partition coefficient (Wildman–Crippen LogP) is 4.23. The molecule has 1 fully saturated rings. The lowest BCUT2D eigenvalue weighted by molar-refractivity contribution is -0.159. The largest absolute Gasteiger partial charge is 0.496 e. The first-order valence-corrected chi connectivity index (χ1v) is 11.6. The zero-order chi connectivity index (χ0) is 23.4. The molecule has 2 heterocycles. The molecule has 0 spiro atoms. The van der Waals surface area contributed by atoms with Gasteiger partial charge in [0.05, 0.1) is 12.8 Å². The number of carboxylic acids is 1. The van der Waals surface area contributed by atoms with E-state index in [1.807, 2.05) is 49.4 Å². The highest BCUT2D eigenvalue weighted by Crippen LogP contribution is 2.32. The van der Waals surface area contributed by atoms with Gasteiger partial charge in [-0.05, 0) is 31.4 Å². The molecule has 4 rings (SSSR count). The Labute approximate surface area is 196 Å². The van der Waals surface area contributed by atoms with E-state index in [0.29, 0.717) is 29.3 Å². The van der Waals surface area contributed by atoms with Crippen molar-refractivity contribution in [2.24, 2.45) is 0 Å². The van der Waals surface area contributed by atoms with E-state index in [1.165, 1.54) is 11.3 Å². The minimum absolute atomic E-state index is 0.208. The monoisotopic (exact) mass is 466 g/mol. The molecular weight excluding hydrogens is 440 g/mol. The average molecular weight is 467 g/mol. The van der Waals surface area contributed by atoms with Crippen molar-refractivity contribution >= 4 is 23.2 Å². The standard InChI is InChI=1S/C25H26N2O5S/c1-16-21(33-23(27-16)18-7-4-3-5-8-18)22(28)26-15-19-13-17(9-10-20(19)31-2)14-25(24(29)30)11-6-12-32-25/h3-5,7-10,13H,6,11-12,14-15H2,1-2H3,(H,26,28)(H,29,30). The van der Waals surface area contributed by atoms with Gasteiger partial charge in [0.1, 0.15) is 15.6 Å². The maximum absolute atomic E-state index is 12.9. The lowest BCUT2D eigenvalue weighted by Gasteiger charge is -2.24. The number of thiazole rings is 1. The summed E-state index contributed by atoms with van der Waals surface area (Å²) in [5.41, 5.74) is 2.05. The second-order valence-electron chi connectivity index (χ2n) is 8.06. The van der Waals surface area contributed by atoms with Gasteiger partial charge in [-0.3, -0.25) is 4.79 Å². The summed E-state index contributed by atoms with van der Waals surface area (Å²) in [4.78, 5) is 29.9. The number of benzene rings is 2. The van der Waals surface area contributed by atoms with Crippen LogP contribution >= 0.6 is 11.3 Å². The van der Waals surface area contributed by atoms with Crippen LogP contribution in [0.5, 0.6) is 5.75 Å². The van der Waals surface area contributed by atoms with Crippen LogP contribution in [-0.4, -0.2) is 41.3 Å². The number of nitrogens with one attached hydrogen (secondary N) is 1. The van der Waals surface area contributed by atoms with E-state index < -0.39 is 11.6 Å². The van der Waals surface area contributed by atoms with Crippen molar-refractivity contribution in [2.75, 3.05) is 13.7 Å². The van der Waals surface area contributed by atoms with Gasteiger partial charge in [-0.25, -0.2) is 9.78 Å². The number of carboxylic acid groups (broad SMARTS) is 1. The number of carbonyl (C=O) groups is 2. The van der Waals surface area contributed by atoms with Crippen LogP contribution < -0.4 is 10.1 Å². The number of aliphatic carboxylic acids is 1. The fourth-order valence-corrected chi connectivity index (χ4v) is 5.05. The van der Waals surface area contributed by atoms with E-state index in [0.717, 1.165) is 28.1 Å². The number of amides is 1. The summed E-state index contributed by atoms with van der Waals surface area (Å²) in [6, 6.07) is 15.3. The number of hydrogen-bond donors (Lipinski definition) is 2. The molecule has 0 radical (unpaired) electrons. The fraction of sp³-hybridized carbons (Fsp3) is 0.320. The van der Waals surface area contributed by atoms with Gasteiger partial charge < -0.3 is 19.9 Å². The number of carbonyl (C=O) groups excluding carboxylic acids is 1. The Kier molecular flexibility index (Phi) is 6.76. The maximum atomic E-state index is 12.9. The minimum Gasteiger partial charge on any atom is -0.496 e. The molecule has 2 aromatic carbocycles. The molecule has 1 aliphatic heterocycles. The minimum atomic E-state index is -1.19. The fourth-order valence-electron chi connectivity index (χ4n) is 4.06. The molecule has 1 amide bonds. The van der Waals surface area contributed by atoms with Gasteiger partial charge in [-0.2, -0.15) is 0 Å². The van der Waals surface area contributed by atoms with Crippen molar-refractivity contribution in [3.05, 3.63) is 70.2 Å². The zero-order valence-corrected chi connectivity index (χ0v) is 19.4. The number of hydrogen-bond acceptors (Lipinski definition) is 6. The van der Waals surface area contributed by atoms with Gasteiger partial charge in [0.25, 0.3) is 5.91 Å². The third kappa shape index (κ3) is 4.91. The second-order valence-corrected chi connectivity index (χ2v) is 9.06. The van der Waals surface area contributed by atoms with Crippen LogP contribution in [0.15, 0.2) is 48.5 Å². The van der Waals surface area contributed by atoms with E-state index in [4.69, 9.17) is 9.47 Å². The lowest BCUT2D eigenvalue weighted by atomic mass is 9.91. The third-order valence-corrected chi connectivity index (χ3v) is 7.00. The number of rotatable bonds is 8. The molecule has 1 aromatic heterocycles. The smallest absolute Gasteiger partial charge is 0.336 e. The summed E-state index contributed by atoms with van der Waals surface area (Å²) in [5, 5.41) is 13.4. The van der Waals surface area contributed by atoms with E-state index in [-0.39, 0.29) is 18.9 Å². The first-order chi connectivity index (χ1) is 15.9. The van der Waals surface area contributed by atoms with Gasteiger partial charge in [0.2, 0.25) is 0 Å². The van der Waals surface area contributed by atoms with Gasteiger partial charge in [-0.15, -0.1) is 11.3 Å². The Bertz CT molecular complexity index is 1150. The second kappa shape index (κ2) is 9.72. The van der Waals surface area contributed by atoms with Gasteiger partial charge in [0, 0.05) is 30.7 Å². The van der Waals surface area contributed by atoms with E-state index in [9.17, 15) is 14.7 Å². The SMILES string of the molecule is COc1ccc(CC2(C(=O)O)CCCO2)cc1CNC(=O)c1sc(-c2ccccc2)nc1C. The van der Waals surface area contributed by atoms with Crippen molar-refractivity contribution in [1.29, 1.82) is 0 Å². The van der Waals surface area contributed by atoms with Crippen molar-refractivity contribution in [3.63, 3.8) is 0 Å². The van der Waals surface area contributed by atoms with Crippen LogP contribution in [0, 0.1) is 6.92 Å². The molecule has 0 saturated carbocycles. The van der Waals surface area contributed by atoms with Crippen LogP contribution in [-0.2, 0) is 22.5 Å². The molecule has 1 atom stereocenters. The lowest BCUT2D eigenvalue weighted by Crippen LogP contribution is -2.40. The molecule has 172 valence electrons. The van der Waals surface area contributed by atoms with Crippen molar-refractivity contribution in [3.8, 4) is 16.3 Å². The van der Waals surface area contributed by atoms with Crippen LogP contribution in [0.1, 0.15) is 39.3 Å². The molecule has 1 aliphatic rings. The highest BCUT2D eigenvalue weighted by molar-refractivity contribution is 7.17. The highest BCUT2D eigenvalue weighted by Gasteiger charge is 2.43. The molecule has 8 heteroatoms. The molecule has 1 saturated heterocycles. The quantitative estimate of drug-likeness (QED) is 0.516. The van der Waals surface area contributed by atoms with Crippen molar-refractivity contribution in [2.45, 2.75) is 38.3 Å². The van der Waals surface area contributed by atoms with Gasteiger partial charge >= 0.3 is 5.97 Å². The molecule has 1 unspecified atom stereocenters. The summed E-state index contributed by atoms with van der Waals surface area (Å²) in [5.74, 6) is -0.525. The predicted molar refractivity (Wildman–Crippen MR) is 126 cm³/mol. The number of methoxy groups -OCH3 is 1. The van der Waals surface area contributed by atoms with E-state index in [2.05, 4.69) is 10.3 Å². The topological polar surface area (TPSA) is 97.8 Å². The van der Waals surface area contributed by atoms with Crippen molar-refractivity contribution in [1.82, 2.24) is 10.3 Å². The van der Waals surface area contributed by atoms with Crippen molar-refractivity contribution < 1.29 is 24.2 Å². The number of aromatic nitrogens is 1. The summed E-state index contributed by atoms with van der Waals surface area (Å²) in [6.07, 6.45) is 1.47. The Hall–Kier alpha value is -3.23. The number of nitrogens with zero attached hydrogens (tertiary/aromatic N) is 1. The summed E-state index contributed by atoms with van der Waals surface area (Å²) < 4.78 is 11.1. The first kappa shape index (κ1) is 22.9. The van der Waals surface area contributed by atoms with Crippen LogP contribution in [0.4, 0.5) is 0 Å². The van der Waals surface area contributed by atoms with Crippen LogP contribution in [0.25, 0.3) is 10.6 Å². The van der Waals surface area contributed by atoms with Gasteiger partial charge in [0.15, 0.2) is 5.60 Å². The third-order valence-electron chi connectivity index (χ3n) is 5.79. The van der Waals surface area contributed by atoms with Gasteiger partial charge in [-0.1, -0.05) is 42.5 Å². The molecule has 7 nitrogen and oxygen atoms in total. The van der Waals surface area contributed by atoms with E-state index >= 15 is 0 Å². The van der Waals surface area contributed by atoms with E-state index in [1.54, 1.807) is 13.2 Å². The summed E-state index contributed by atoms with van der Waals surface area (Å²) in [6.45, 7) is 2.52. The van der Waals surface area contributed by atoms with Crippen LogP contribution in [0.3, 0.4) is 0 Å². The van der Waals surface area contributed by atoms with Crippen LogP contribution in [0.2, 0.25) is 0 Å². The summed E-state index contributed by atoms with van der Waals surface area (Å²) >= 11 is 1.36. The maximum Gasteiger partial charge on any atom is 0.336 e.